The second-order valence-electron chi connectivity index (χ2n) is 14.1. The average molecular weight is 760 g/mol. The van der Waals surface area contributed by atoms with E-state index in [-0.39, 0.29) is 23.0 Å². The fraction of sp³-hybridized carbons (Fsp3) is 0.366. The van der Waals surface area contributed by atoms with Gasteiger partial charge in [0.15, 0.2) is 5.96 Å². The number of aliphatic hydroxyl groups is 1. The van der Waals surface area contributed by atoms with Gasteiger partial charge in [-0.05, 0) is 104 Å². The monoisotopic (exact) mass is 759 g/mol. The molecule has 1 aliphatic carbocycles. The number of thioether (sulfide) groups is 1. The van der Waals surface area contributed by atoms with Crippen LogP contribution in [0.15, 0.2) is 83.9 Å². The quantitative estimate of drug-likeness (QED) is 0.0358. The molecule has 0 spiro atoms. The molecule has 1 heterocycles. The lowest BCUT2D eigenvalue weighted by atomic mass is 9.90. The van der Waals surface area contributed by atoms with E-state index in [2.05, 4.69) is 47.5 Å². The van der Waals surface area contributed by atoms with Gasteiger partial charge in [0.1, 0.15) is 6.04 Å². The van der Waals surface area contributed by atoms with Crippen LogP contribution in [0.5, 0.6) is 0 Å². The van der Waals surface area contributed by atoms with E-state index in [0.717, 1.165) is 64.7 Å². The van der Waals surface area contributed by atoms with Crippen molar-refractivity contribution < 1.29 is 24.9 Å². The van der Waals surface area contributed by atoms with Crippen molar-refractivity contribution in [2.75, 3.05) is 12.3 Å². The summed E-state index contributed by atoms with van der Waals surface area (Å²) < 4.78 is 0. The van der Waals surface area contributed by atoms with E-state index in [4.69, 9.17) is 38.9 Å². The normalized spacial score (nSPS) is 14.6. The van der Waals surface area contributed by atoms with Crippen molar-refractivity contribution in [2.45, 2.75) is 75.7 Å². The Morgan fingerprint density at radius 2 is 1.74 bits per heavy atom. The molecule has 0 unspecified atom stereocenters. The van der Waals surface area contributed by atoms with Crippen molar-refractivity contribution in [1.82, 2.24) is 4.98 Å². The molecule has 0 radical (unpaired) electrons. The zero-order valence-corrected chi connectivity index (χ0v) is 31.8. The number of carboxylic acids is 2. The van der Waals surface area contributed by atoms with Gasteiger partial charge in [-0.3, -0.25) is 14.6 Å². The average Bonchev–Trinajstić information content (AvgIpc) is 3.87. The van der Waals surface area contributed by atoms with Crippen LogP contribution in [0.2, 0.25) is 5.02 Å². The SMILES string of the molecule is CC(C)(O)c1ccccc1CC[C@@H](SCC1(CC(=O)O)CC1)c1cccc(/C=C/c2ccc3ccc(Cl)cc3n2)c1.NC(N)=NCCC[C@H](N)C(=O)O. The number of aromatic nitrogens is 1. The van der Waals surface area contributed by atoms with Crippen LogP contribution in [-0.2, 0) is 21.6 Å². The third-order valence-corrected chi connectivity index (χ3v) is 11.0. The van der Waals surface area contributed by atoms with Crippen molar-refractivity contribution >= 4 is 64.3 Å². The number of guanidine groups is 1. The third-order valence-electron chi connectivity index (χ3n) is 9.12. The van der Waals surface area contributed by atoms with E-state index in [9.17, 15) is 19.8 Å². The van der Waals surface area contributed by atoms with Crippen molar-refractivity contribution in [3.05, 3.63) is 112 Å². The molecular formula is C41H50ClN5O5S. The zero-order chi connectivity index (χ0) is 38.6. The van der Waals surface area contributed by atoms with E-state index in [1.807, 2.05) is 74.1 Å². The fourth-order valence-corrected chi connectivity index (χ4v) is 7.74. The van der Waals surface area contributed by atoms with Gasteiger partial charge in [0.05, 0.1) is 23.2 Å². The number of hydrogen-bond donors (Lipinski definition) is 6. The van der Waals surface area contributed by atoms with Crippen molar-refractivity contribution in [2.24, 2.45) is 27.6 Å². The lowest BCUT2D eigenvalue weighted by molar-refractivity contribution is -0.139. The Morgan fingerprint density at radius 1 is 1.00 bits per heavy atom. The number of fused-ring (bicyclic) bond motifs is 1. The van der Waals surface area contributed by atoms with Gasteiger partial charge < -0.3 is 32.5 Å². The Kier molecular flexibility index (Phi) is 14.9. The second kappa shape index (κ2) is 19.1. The molecule has 53 heavy (non-hydrogen) atoms. The molecule has 3 aromatic carbocycles. The molecular weight excluding hydrogens is 710 g/mol. The molecule has 1 saturated carbocycles. The van der Waals surface area contributed by atoms with Crippen LogP contribution >= 0.6 is 23.4 Å². The highest BCUT2D eigenvalue weighted by Crippen LogP contribution is 2.53. The minimum Gasteiger partial charge on any atom is -0.481 e. The molecule has 5 rings (SSSR count). The first kappa shape index (κ1) is 41.3. The maximum absolute atomic E-state index is 11.5. The molecule has 12 heteroatoms. The Balaban J connectivity index is 0.000000450. The standard InChI is InChI=1S/C35H36ClNO3S.C6H14N4O2/c1-34(2,40)30-9-4-3-7-25(30)13-17-32(41-23-35(18-19-35)22-33(38)39)27-8-5-6-24(20-27)10-15-29-16-12-26-11-14-28(36)21-31(26)37-29;7-4(5(11)12)2-1-3-10-6(8)9/h3-12,14-16,20-21,32,40H,13,17-19,22-23H2,1-2H3,(H,38,39);4H,1-3,7H2,(H,11,12)(H4,8,9,10)/b15-10+;/t32-;4-/m10/s1. The van der Waals surface area contributed by atoms with Gasteiger partial charge in [0.25, 0.3) is 0 Å². The van der Waals surface area contributed by atoms with Crippen LogP contribution in [0.3, 0.4) is 0 Å². The minimum absolute atomic E-state index is 0.0129. The number of nitrogens with zero attached hydrogens (tertiary/aromatic N) is 2. The summed E-state index contributed by atoms with van der Waals surface area (Å²) in [4.78, 5) is 30.1. The number of pyridine rings is 1. The van der Waals surface area contributed by atoms with E-state index in [1.54, 1.807) is 0 Å². The van der Waals surface area contributed by atoms with Gasteiger partial charge in [-0.25, -0.2) is 4.98 Å². The first-order chi connectivity index (χ1) is 25.1. The molecule has 0 saturated heterocycles. The Hall–Kier alpha value is -4.42. The number of aliphatic imine (C=N–C) groups is 1. The summed E-state index contributed by atoms with van der Waals surface area (Å²) in [5.41, 5.74) is 20.5. The number of aryl methyl sites for hydroxylation is 1. The smallest absolute Gasteiger partial charge is 0.320 e. The first-order valence-corrected chi connectivity index (χ1v) is 19.1. The van der Waals surface area contributed by atoms with Crippen molar-refractivity contribution in [1.29, 1.82) is 0 Å². The van der Waals surface area contributed by atoms with Gasteiger partial charge in [-0.1, -0.05) is 78.3 Å². The van der Waals surface area contributed by atoms with Crippen molar-refractivity contribution in [3.63, 3.8) is 0 Å². The molecule has 0 amide bonds. The molecule has 9 N–H and O–H groups in total. The molecule has 1 fully saturated rings. The van der Waals surface area contributed by atoms with E-state index in [0.29, 0.717) is 24.4 Å². The number of halogens is 1. The molecule has 4 aromatic rings. The number of rotatable bonds is 17. The number of nitrogens with two attached hydrogens (primary N) is 3. The van der Waals surface area contributed by atoms with Crippen LogP contribution in [0.4, 0.5) is 0 Å². The fourth-order valence-electron chi connectivity index (χ4n) is 6.00. The van der Waals surface area contributed by atoms with Crippen LogP contribution in [0.1, 0.15) is 85.6 Å². The molecule has 282 valence electrons. The Bertz CT molecular complexity index is 1920. The van der Waals surface area contributed by atoms with Crippen LogP contribution in [-0.4, -0.2) is 56.5 Å². The molecule has 0 bridgehead atoms. The number of carboxylic acid groups (broad SMARTS) is 2. The molecule has 2 atom stereocenters. The second-order valence-corrected chi connectivity index (χ2v) is 15.7. The highest BCUT2D eigenvalue weighted by atomic mass is 35.5. The number of benzene rings is 3. The van der Waals surface area contributed by atoms with E-state index in [1.165, 1.54) is 5.56 Å². The lowest BCUT2D eigenvalue weighted by Crippen LogP contribution is -2.30. The molecule has 1 aliphatic rings. The van der Waals surface area contributed by atoms with Crippen LogP contribution in [0, 0.1) is 5.41 Å². The third kappa shape index (κ3) is 13.5. The lowest BCUT2D eigenvalue weighted by Gasteiger charge is -2.24. The van der Waals surface area contributed by atoms with E-state index >= 15 is 0 Å². The summed E-state index contributed by atoms with van der Waals surface area (Å²) in [6.45, 7) is 4.08. The highest BCUT2D eigenvalue weighted by molar-refractivity contribution is 7.99. The van der Waals surface area contributed by atoms with Crippen LogP contribution < -0.4 is 17.2 Å². The zero-order valence-electron chi connectivity index (χ0n) is 30.2. The first-order valence-electron chi connectivity index (χ1n) is 17.7. The van der Waals surface area contributed by atoms with Gasteiger partial charge in [-0.15, -0.1) is 0 Å². The highest BCUT2D eigenvalue weighted by Gasteiger charge is 2.44. The Morgan fingerprint density at radius 3 is 2.42 bits per heavy atom. The topological polar surface area (TPSA) is 198 Å². The van der Waals surface area contributed by atoms with Crippen molar-refractivity contribution in [3.8, 4) is 0 Å². The van der Waals surface area contributed by atoms with Gasteiger partial charge >= 0.3 is 11.9 Å². The maximum atomic E-state index is 11.5. The van der Waals surface area contributed by atoms with Crippen LogP contribution in [0.25, 0.3) is 23.1 Å². The predicted molar refractivity (Wildman–Crippen MR) is 217 cm³/mol. The minimum atomic E-state index is -1.00. The Labute approximate surface area is 320 Å². The van der Waals surface area contributed by atoms with E-state index < -0.39 is 23.6 Å². The molecule has 0 aliphatic heterocycles. The van der Waals surface area contributed by atoms with Gasteiger partial charge in [0.2, 0.25) is 0 Å². The number of hydrogen-bond acceptors (Lipinski definition) is 7. The molecule has 10 nitrogen and oxygen atoms in total. The predicted octanol–water partition coefficient (Wildman–Crippen LogP) is 7.40. The van der Waals surface area contributed by atoms with Gasteiger partial charge in [0, 0.05) is 28.0 Å². The summed E-state index contributed by atoms with van der Waals surface area (Å²) in [6.07, 6.45) is 8.97. The molecule has 1 aromatic heterocycles. The summed E-state index contributed by atoms with van der Waals surface area (Å²) >= 11 is 8.04. The summed E-state index contributed by atoms with van der Waals surface area (Å²) in [5, 5.41) is 30.5. The summed E-state index contributed by atoms with van der Waals surface area (Å²) in [6, 6.07) is 25.6. The summed E-state index contributed by atoms with van der Waals surface area (Å²) in [5.74, 6) is -0.866. The van der Waals surface area contributed by atoms with Gasteiger partial charge in [-0.2, -0.15) is 11.8 Å². The number of carbonyl (C=O) groups is 2. The summed E-state index contributed by atoms with van der Waals surface area (Å²) in [7, 11) is 0. The number of aliphatic carboxylic acids is 2. The largest absolute Gasteiger partial charge is 0.481 e. The maximum Gasteiger partial charge on any atom is 0.320 e.